The summed E-state index contributed by atoms with van der Waals surface area (Å²) < 4.78 is 6.48. The number of carbonyl (C=O) groups excluding carboxylic acids is 2. The van der Waals surface area contributed by atoms with Crippen molar-refractivity contribution in [3.63, 3.8) is 0 Å². The van der Waals surface area contributed by atoms with Crippen LogP contribution in [0.2, 0.25) is 0 Å². The van der Waals surface area contributed by atoms with Crippen molar-refractivity contribution in [1.82, 2.24) is 19.7 Å². The Kier molecular flexibility index (Phi) is 3.74. The number of nitrogens with zero attached hydrogens (tertiary/aromatic N) is 4. The van der Waals surface area contributed by atoms with Crippen LogP contribution in [0.4, 0.5) is 5.82 Å². The van der Waals surface area contributed by atoms with E-state index >= 15 is 0 Å². The van der Waals surface area contributed by atoms with E-state index in [1.54, 1.807) is 19.1 Å². The van der Waals surface area contributed by atoms with E-state index in [1.807, 2.05) is 0 Å². The number of ether oxygens (including phenoxy) is 1. The number of nitrogens with one attached hydrogen (secondary N) is 1. The number of amides is 1. The van der Waals surface area contributed by atoms with Crippen LogP contribution >= 0.6 is 0 Å². The van der Waals surface area contributed by atoms with Crippen molar-refractivity contribution in [2.45, 2.75) is 20.8 Å². The fourth-order valence-corrected chi connectivity index (χ4v) is 1.53. The highest BCUT2D eigenvalue weighted by Crippen LogP contribution is 2.22. The summed E-state index contributed by atoms with van der Waals surface area (Å²) in [5.41, 5.74) is 0.454. The number of carbonyl (C=O) groups is 2. The average molecular weight is 275 g/mol. The van der Waals surface area contributed by atoms with Gasteiger partial charge in [-0.05, 0) is 19.1 Å². The molecule has 0 saturated heterocycles. The minimum absolute atomic E-state index is 0.0497. The molecule has 104 valence electrons. The van der Waals surface area contributed by atoms with Crippen molar-refractivity contribution in [3.05, 3.63) is 24.3 Å². The normalized spacial score (nSPS) is 10.2. The van der Waals surface area contributed by atoms with Crippen LogP contribution in [-0.4, -0.2) is 31.6 Å². The van der Waals surface area contributed by atoms with Gasteiger partial charge in [-0.1, -0.05) is 0 Å². The number of hydrogen-bond donors (Lipinski definition) is 1. The van der Waals surface area contributed by atoms with Crippen LogP contribution in [0.25, 0.3) is 5.69 Å². The summed E-state index contributed by atoms with van der Waals surface area (Å²) in [6.07, 6.45) is 1.48. The van der Waals surface area contributed by atoms with E-state index in [-0.39, 0.29) is 17.6 Å². The molecule has 0 atom stereocenters. The van der Waals surface area contributed by atoms with Crippen LogP contribution in [0.3, 0.4) is 0 Å². The van der Waals surface area contributed by atoms with Gasteiger partial charge < -0.3 is 10.1 Å². The van der Waals surface area contributed by atoms with Crippen LogP contribution in [0, 0.1) is 6.92 Å². The molecule has 2 aromatic rings. The largest absolute Gasteiger partial charge is 0.405 e. The number of pyridine rings is 1. The first-order valence-electron chi connectivity index (χ1n) is 5.81. The summed E-state index contributed by atoms with van der Waals surface area (Å²) in [5.74, 6) is 0.124. The Labute approximate surface area is 114 Å². The summed E-state index contributed by atoms with van der Waals surface area (Å²) in [6.45, 7) is 4.37. The molecule has 0 aliphatic heterocycles. The first-order valence-corrected chi connectivity index (χ1v) is 5.81. The van der Waals surface area contributed by atoms with E-state index in [2.05, 4.69) is 20.4 Å². The Morgan fingerprint density at radius 1 is 1.30 bits per heavy atom. The topological polar surface area (TPSA) is 99.0 Å². The molecular weight excluding hydrogens is 262 g/mol. The Morgan fingerprint density at radius 3 is 2.60 bits per heavy atom. The van der Waals surface area contributed by atoms with Crippen molar-refractivity contribution in [1.29, 1.82) is 0 Å². The molecule has 20 heavy (non-hydrogen) atoms. The van der Waals surface area contributed by atoms with Crippen LogP contribution in [0.5, 0.6) is 5.88 Å². The second-order valence-electron chi connectivity index (χ2n) is 4.03. The third kappa shape index (κ3) is 3.16. The number of esters is 1. The maximum atomic E-state index is 11.1. The minimum atomic E-state index is -0.518. The number of anilines is 1. The highest BCUT2D eigenvalue weighted by Gasteiger charge is 2.13. The SMILES string of the molecule is CC(=O)Nc1ccc(-n2cnc(C)n2)c(OC(C)=O)n1. The first-order chi connectivity index (χ1) is 9.45. The lowest BCUT2D eigenvalue weighted by Crippen LogP contribution is -2.12. The Bertz CT molecular complexity index is 665. The summed E-state index contributed by atoms with van der Waals surface area (Å²) in [6, 6.07) is 3.21. The molecule has 8 nitrogen and oxygen atoms in total. The molecule has 0 saturated carbocycles. The molecule has 8 heteroatoms. The number of rotatable bonds is 3. The predicted octanol–water partition coefficient (Wildman–Crippen LogP) is 0.854. The van der Waals surface area contributed by atoms with Gasteiger partial charge in [0.15, 0.2) is 0 Å². The fourth-order valence-electron chi connectivity index (χ4n) is 1.53. The summed E-state index contributed by atoms with van der Waals surface area (Å²) >= 11 is 0. The molecule has 0 aromatic carbocycles. The van der Waals surface area contributed by atoms with E-state index in [1.165, 1.54) is 24.9 Å². The van der Waals surface area contributed by atoms with E-state index in [0.717, 1.165) is 0 Å². The summed E-state index contributed by atoms with van der Waals surface area (Å²) in [5, 5.41) is 6.64. The molecule has 0 aliphatic carbocycles. The Morgan fingerprint density at radius 2 is 2.05 bits per heavy atom. The first kappa shape index (κ1) is 13.7. The molecule has 2 heterocycles. The standard InChI is InChI=1S/C12H13N5O3/c1-7-13-6-17(16-7)10-4-5-11(14-8(2)18)15-12(10)20-9(3)19/h4-6H,1-3H3,(H,14,15,18). The van der Waals surface area contributed by atoms with E-state index in [0.29, 0.717) is 11.5 Å². The number of hydrogen-bond acceptors (Lipinski definition) is 6. The molecule has 2 rings (SSSR count). The lowest BCUT2D eigenvalue weighted by molar-refractivity contribution is -0.132. The van der Waals surface area contributed by atoms with Crippen LogP contribution in [-0.2, 0) is 9.59 Å². The number of aryl methyl sites for hydroxylation is 1. The smallest absolute Gasteiger partial charge is 0.309 e. The zero-order valence-electron chi connectivity index (χ0n) is 11.2. The van der Waals surface area contributed by atoms with Crippen molar-refractivity contribution < 1.29 is 14.3 Å². The van der Waals surface area contributed by atoms with Gasteiger partial charge in [0.05, 0.1) is 0 Å². The van der Waals surface area contributed by atoms with Gasteiger partial charge in [0, 0.05) is 13.8 Å². The van der Waals surface area contributed by atoms with Crippen molar-refractivity contribution >= 4 is 17.7 Å². The average Bonchev–Trinajstić information content (AvgIpc) is 2.74. The second kappa shape index (κ2) is 5.47. The molecule has 0 unspecified atom stereocenters. The predicted molar refractivity (Wildman–Crippen MR) is 69.5 cm³/mol. The second-order valence-corrected chi connectivity index (χ2v) is 4.03. The van der Waals surface area contributed by atoms with Crippen LogP contribution in [0.15, 0.2) is 18.5 Å². The Balaban J connectivity index is 2.44. The number of aromatic nitrogens is 4. The highest BCUT2D eigenvalue weighted by atomic mass is 16.5. The van der Waals surface area contributed by atoms with E-state index in [4.69, 9.17) is 4.74 Å². The van der Waals surface area contributed by atoms with E-state index < -0.39 is 5.97 Å². The van der Waals surface area contributed by atoms with Gasteiger partial charge in [0.25, 0.3) is 5.88 Å². The molecule has 1 amide bonds. The van der Waals surface area contributed by atoms with Gasteiger partial charge >= 0.3 is 5.97 Å². The molecule has 0 fully saturated rings. The van der Waals surface area contributed by atoms with Crippen LogP contribution in [0.1, 0.15) is 19.7 Å². The maximum absolute atomic E-state index is 11.1. The van der Waals surface area contributed by atoms with E-state index in [9.17, 15) is 9.59 Å². The quantitative estimate of drug-likeness (QED) is 0.834. The molecule has 2 aromatic heterocycles. The lowest BCUT2D eigenvalue weighted by atomic mass is 10.4. The van der Waals surface area contributed by atoms with Crippen molar-refractivity contribution in [3.8, 4) is 11.6 Å². The molecule has 0 spiro atoms. The molecular formula is C12H13N5O3. The van der Waals surface area contributed by atoms with Crippen LogP contribution < -0.4 is 10.1 Å². The van der Waals surface area contributed by atoms with Crippen molar-refractivity contribution in [2.24, 2.45) is 0 Å². The molecule has 0 bridgehead atoms. The fraction of sp³-hybridized carbons (Fsp3) is 0.250. The molecule has 1 N–H and O–H groups in total. The van der Waals surface area contributed by atoms with Crippen molar-refractivity contribution in [2.75, 3.05) is 5.32 Å². The van der Waals surface area contributed by atoms with Gasteiger partial charge in [-0.25, -0.2) is 9.67 Å². The Hall–Kier alpha value is -2.77. The third-order valence-electron chi connectivity index (χ3n) is 2.24. The summed E-state index contributed by atoms with van der Waals surface area (Å²) in [4.78, 5) is 30.2. The van der Waals surface area contributed by atoms with Gasteiger partial charge in [0.2, 0.25) is 5.91 Å². The zero-order chi connectivity index (χ0) is 14.7. The van der Waals surface area contributed by atoms with Gasteiger partial charge in [-0.2, -0.15) is 10.1 Å². The maximum Gasteiger partial charge on any atom is 0.309 e. The lowest BCUT2D eigenvalue weighted by Gasteiger charge is -2.09. The zero-order valence-corrected chi connectivity index (χ0v) is 11.2. The molecule has 0 radical (unpaired) electrons. The van der Waals surface area contributed by atoms with Gasteiger partial charge in [-0.3, -0.25) is 9.59 Å². The monoisotopic (exact) mass is 275 g/mol. The van der Waals surface area contributed by atoms with Gasteiger partial charge in [0.1, 0.15) is 23.7 Å². The minimum Gasteiger partial charge on any atom is -0.405 e. The van der Waals surface area contributed by atoms with Gasteiger partial charge in [-0.15, -0.1) is 0 Å². The third-order valence-corrected chi connectivity index (χ3v) is 2.24. The highest BCUT2D eigenvalue weighted by molar-refractivity contribution is 5.87. The molecule has 0 aliphatic rings. The summed E-state index contributed by atoms with van der Waals surface area (Å²) in [7, 11) is 0.